The molecule has 0 saturated carbocycles. The Morgan fingerprint density at radius 1 is 0.394 bits per heavy atom. The van der Waals surface area contributed by atoms with Crippen LogP contribution in [0.2, 0.25) is 0 Å². The molecule has 33 heavy (non-hydrogen) atoms. The molecule has 0 unspecified atom stereocenters. The van der Waals surface area contributed by atoms with Crippen molar-refractivity contribution in [1.29, 1.82) is 0 Å². The van der Waals surface area contributed by atoms with E-state index in [0.717, 1.165) is 0 Å². The Hall–Kier alpha value is -3.68. The molecule has 1 heteroatoms. The zero-order chi connectivity index (χ0) is 22.2. The standard InChI is InChI=1S/C32H24Si/c1-21-25-17-9-11-19-27(25)29-30-28-20-12-10-18-26(28)22(2)32(30)33(31(21)29,23-13-5-3-6-14-23)24-15-7-4-8-16-24/h3-20H,1-2H3. The maximum atomic E-state index is 2.38. The molecule has 0 spiro atoms. The van der Waals surface area contributed by atoms with Crippen LogP contribution in [0.4, 0.5) is 0 Å². The molecule has 4 aromatic carbocycles. The maximum absolute atomic E-state index is 2.48. The van der Waals surface area contributed by atoms with Gasteiger partial charge in [-0.3, -0.25) is 0 Å². The first kappa shape index (κ1) is 18.8. The molecule has 0 saturated heterocycles. The van der Waals surface area contributed by atoms with E-state index in [1.807, 2.05) is 0 Å². The largest absolute Gasteiger partial charge is 0.181 e. The van der Waals surface area contributed by atoms with Crippen molar-refractivity contribution in [2.24, 2.45) is 0 Å². The zero-order valence-electron chi connectivity index (χ0n) is 18.9. The van der Waals surface area contributed by atoms with Crippen LogP contribution in [0, 0.1) is 0 Å². The number of fused-ring (bicyclic) bond motifs is 6. The van der Waals surface area contributed by atoms with Gasteiger partial charge in [0.05, 0.1) is 0 Å². The Kier molecular flexibility index (Phi) is 3.81. The lowest BCUT2D eigenvalue weighted by molar-refractivity contribution is 1.55. The summed E-state index contributed by atoms with van der Waals surface area (Å²) in [7, 11) is -2.48. The summed E-state index contributed by atoms with van der Waals surface area (Å²) < 4.78 is 0. The molecule has 1 aliphatic heterocycles. The van der Waals surface area contributed by atoms with Gasteiger partial charge >= 0.3 is 0 Å². The molecule has 4 aromatic rings. The number of allylic oxidation sites excluding steroid dienone is 6. The van der Waals surface area contributed by atoms with Gasteiger partial charge in [0, 0.05) is 0 Å². The average Bonchev–Trinajstić information content (AvgIpc) is 3.47. The van der Waals surface area contributed by atoms with Gasteiger partial charge in [0.25, 0.3) is 0 Å². The van der Waals surface area contributed by atoms with Crippen LogP contribution in [0.15, 0.2) is 120 Å². The molecule has 0 atom stereocenters. The van der Waals surface area contributed by atoms with E-state index < -0.39 is 8.07 Å². The van der Waals surface area contributed by atoms with Crippen molar-refractivity contribution in [1.82, 2.24) is 0 Å². The summed E-state index contributed by atoms with van der Waals surface area (Å²) >= 11 is 0. The van der Waals surface area contributed by atoms with E-state index in [1.54, 1.807) is 10.4 Å². The van der Waals surface area contributed by atoms with Crippen molar-refractivity contribution in [3.63, 3.8) is 0 Å². The number of hydrogen-bond donors (Lipinski definition) is 0. The molecule has 2 aliphatic carbocycles. The quantitative estimate of drug-likeness (QED) is 0.314. The van der Waals surface area contributed by atoms with Crippen molar-refractivity contribution in [2.75, 3.05) is 0 Å². The lowest BCUT2D eigenvalue weighted by Crippen LogP contribution is -2.60. The molecule has 0 fully saturated rings. The van der Waals surface area contributed by atoms with Crippen LogP contribution in [-0.4, -0.2) is 8.07 Å². The zero-order valence-corrected chi connectivity index (χ0v) is 19.9. The second-order valence-corrected chi connectivity index (χ2v) is 13.0. The van der Waals surface area contributed by atoms with Crippen molar-refractivity contribution in [3.05, 3.63) is 142 Å². The minimum atomic E-state index is -2.48. The molecule has 0 radical (unpaired) electrons. The van der Waals surface area contributed by atoms with Crippen molar-refractivity contribution >= 4 is 40.7 Å². The highest BCUT2D eigenvalue weighted by atomic mass is 28.3. The average molecular weight is 437 g/mol. The molecule has 0 nitrogen and oxygen atoms in total. The van der Waals surface area contributed by atoms with E-state index in [0.29, 0.717) is 0 Å². The summed E-state index contributed by atoms with van der Waals surface area (Å²) in [5.41, 5.74) is 11.5. The summed E-state index contributed by atoms with van der Waals surface area (Å²) in [4.78, 5) is 0. The van der Waals surface area contributed by atoms with Gasteiger partial charge in [-0.2, -0.15) is 0 Å². The van der Waals surface area contributed by atoms with E-state index in [1.165, 1.54) is 54.9 Å². The smallest absolute Gasteiger partial charge is 0.0623 e. The van der Waals surface area contributed by atoms with E-state index in [2.05, 4.69) is 123 Å². The third kappa shape index (κ3) is 2.20. The van der Waals surface area contributed by atoms with Gasteiger partial charge in [0.1, 0.15) is 0 Å². The van der Waals surface area contributed by atoms with Gasteiger partial charge < -0.3 is 0 Å². The molecule has 0 amide bonds. The van der Waals surface area contributed by atoms with Crippen LogP contribution in [0.25, 0.3) is 22.3 Å². The number of rotatable bonds is 2. The predicted octanol–water partition coefficient (Wildman–Crippen LogP) is 6.53. The summed E-state index contributed by atoms with van der Waals surface area (Å²) in [5.74, 6) is 0. The van der Waals surface area contributed by atoms with Gasteiger partial charge in [-0.05, 0) is 79.2 Å². The van der Waals surface area contributed by atoms with Crippen LogP contribution in [0.3, 0.4) is 0 Å². The monoisotopic (exact) mass is 436 g/mol. The number of hydrogen-bond acceptors (Lipinski definition) is 0. The Morgan fingerprint density at radius 2 is 0.727 bits per heavy atom. The molecule has 0 bridgehead atoms. The third-order valence-corrected chi connectivity index (χ3v) is 13.0. The van der Waals surface area contributed by atoms with Crippen molar-refractivity contribution in [2.45, 2.75) is 13.8 Å². The fourth-order valence-electron chi connectivity index (χ4n) is 6.67. The van der Waals surface area contributed by atoms with E-state index in [9.17, 15) is 0 Å². The second kappa shape index (κ2) is 6.66. The van der Waals surface area contributed by atoms with E-state index >= 15 is 0 Å². The topological polar surface area (TPSA) is 0 Å². The first-order valence-electron chi connectivity index (χ1n) is 11.7. The normalized spacial score (nSPS) is 17.3. The SMILES string of the molecule is CC1=C2C(=C3C(=C(C)c4ccccc43)[Si]2(c2ccccc2)c2ccccc2)c2ccccc21. The minimum Gasteiger partial charge on any atom is -0.0623 e. The summed E-state index contributed by atoms with van der Waals surface area (Å²) in [5, 5.41) is 6.15. The van der Waals surface area contributed by atoms with Gasteiger partial charge in [-0.25, -0.2) is 0 Å². The fourth-order valence-corrected chi connectivity index (χ4v) is 12.5. The summed E-state index contributed by atoms with van der Waals surface area (Å²) in [6.07, 6.45) is 0. The van der Waals surface area contributed by atoms with Crippen LogP contribution < -0.4 is 10.4 Å². The Balaban J connectivity index is 1.73. The summed E-state index contributed by atoms with van der Waals surface area (Å²) in [6.45, 7) is 4.72. The van der Waals surface area contributed by atoms with Crippen LogP contribution in [0.1, 0.15) is 36.1 Å². The first-order chi connectivity index (χ1) is 16.2. The highest BCUT2D eigenvalue weighted by Gasteiger charge is 2.57. The molecule has 0 N–H and O–H groups in total. The molecule has 7 rings (SSSR count). The maximum Gasteiger partial charge on any atom is 0.181 e. The Bertz CT molecular complexity index is 1430. The van der Waals surface area contributed by atoms with Gasteiger partial charge in [-0.1, -0.05) is 109 Å². The van der Waals surface area contributed by atoms with E-state index in [4.69, 9.17) is 0 Å². The van der Waals surface area contributed by atoms with Gasteiger partial charge in [0.2, 0.25) is 0 Å². The van der Waals surface area contributed by atoms with Crippen LogP contribution in [0.5, 0.6) is 0 Å². The van der Waals surface area contributed by atoms with Gasteiger partial charge in [0.15, 0.2) is 8.07 Å². The summed E-state index contributed by atoms with van der Waals surface area (Å²) in [6, 6.07) is 40.8. The Morgan fingerprint density at radius 3 is 1.12 bits per heavy atom. The lowest BCUT2D eigenvalue weighted by atomic mass is 9.97. The predicted molar refractivity (Wildman–Crippen MR) is 143 cm³/mol. The minimum absolute atomic E-state index is 1.40. The number of benzene rings is 4. The second-order valence-electron chi connectivity index (χ2n) is 9.32. The highest BCUT2D eigenvalue weighted by Crippen LogP contribution is 2.62. The fraction of sp³-hybridized carbons (Fsp3) is 0.0625. The third-order valence-electron chi connectivity index (χ3n) is 7.86. The molecular weight excluding hydrogens is 412 g/mol. The van der Waals surface area contributed by atoms with E-state index in [-0.39, 0.29) is 0 Å². The van der Waals surface area contributed by atoms with Gasteiger partial charge in [-0.15, -0.1) is 0 Å². The van der Waals surface area contributed by atoms with Crippen molar-refractivity contribution in [3.8, 4) is 0 Å². The van der Waals surface area contributed by atoms with Crippen LogP contribution >= 0.6 is 0 Å². The lowest BCUT2D eigenvalue weighted by Gasteiger charge is -2.34. The Labute approximate surface area is 196 Å². The molecule has 3 aliphatic rings. The molecule has 0 aromatic heterocycles. The molecule has 156 valence electrons. The molecule has 1 heterocycles. The van der Waals surface area contributed by atoms with Crippen molar-refractivity contribution < 1.29 is 0 Å². The molecular formula is C32H24Si. The first-order valence-corrected chi connectivity index (χ1v) is 13.7. The van der Waals surface area contributed by atoms with Crippen LogP contribution in [-0.2, 0) is 0 Å². The highest BCUT2D eigenvalue weighted by molar-refractivity contribution is 7.18.